The number of rotatable bonds is 5. The van der Waals surface area contributed by atoms with Crippen LogP contribution >= 0.6 is 22.9 Å². The first-order valence-electron chi connectivity index (χ1n) is 6.94. The minimum Gasteiger partial charge on any atom is -0.358 e. The zero-order valence-electron chi connectivity index (χ0n) is 12.5. The first kappa shape index (κ1) is 17.1. The molecule has 128 valence electrons. The summed E-state index contributed by atoms with van der Waals surface area (Å²) < 4.78 is 14.5. The van der Waals surface area contributed by atoms with E-state index in [9.17, 15) is 19.3 Å². The third kappa shape index (κ3) is 4.01. The molecule has 0 aliphatic heterocycles. The quantitative estimate of drug-likeness (QED) is 0.536. The molecule has 1 amide bonds. The SMILES string of the molecule is O=C(Nc1ccc(F)c(Cl)c1)c1cc(Cn2ccc([N+](=O)[O-])n2)cs1. The summed E-state index contributed by atoms with van der Waals surface area (Å²) in [6, 6.07) is 6.88. The molecule has 25 heavy (non-hydrogen) atoms. The molecule has 10 heteroatoms. The number of carbonyl (C=O) groups is 1. The Balaban J connectivity index is 1.68. The van der Waals surface area contributed by atoms with E-state index in [1.54, 1.807) is 11.4 Å². The van der Waals surface area contributed by atoms with Crippen LogP contribution in [0.15, 0.2) is 41.9 Å². The van der Waals surface area contributed by atoms with Gasteiger partial charge in [0.05, 0.1) is 33.8 Å². The van der Waals surface area contributed by atoms with Gasteiger partial charge < -0.3 is 15.4 Å². The van der Waals surface area contributed by atoms with Crippen LogP contribution < -0.4 is 5.32 Å². The topological polar surface area (TPSA) is 90.1 Å². The number of nitrogens with zero attached hydrogens (tertiary/aromatic N) is 3. The Bertz CT molecular complexity index is 956. The Morgan fingerprint density at radius 1 is 1.40 bits per heavy atom. The highest BCUT2D eigenvalue weighted by Gasteiger charge is 2.14. The molecular formula is C15H10ClFN4O3S. The monoisotopic (exact) mass is 380 g/mol. The van der Waals surface area contributed by atoms with Gasteiger partial charge in [-0.15, -0.1) is 11.3 Å². The maximum absolute atomic E-state index is 13.1. The van der Waals surface area contributed by atoms with Gasteiger partial charge in [-0.3, -0.25) is 4.79 Å². The zero-order valence-corrected chi connectivity index (χ0v) is 14.1. The summed E-state index contributed by atoms with van der Waals surface area (Å²) in [5.74, 6) is -1.15. The van der Waals surface area contributed by atoms with E-state index in [1.165, 1.54) is 46.5 Å². The summed E-state index contributed by atoms with van der Waals surface area (Å²) in [5.41, 5.74) is 1.17. The number of aromatic nitrogens is 2. The van der Waals surface area contributed by atoms with Gasteiger partial charge in [0, 0.05) is 5.69 Å². The summed E-state index contributed by atoms with van der Waals surface area (Å²) in [6.07, 6.45) is 1.50. The molecule has 3 rings (SSSR count). The van der Waals surface area contributed by atoms with Crippen molar-refractivity contribution in [1.82, 2.24) is 9.78 Å². The summed E-state index contributed by atoms with van der Waals surface area (Å²) in [5, 5.41) is 18.8. The molecule has 7 nitrogen and oxygen atoms in total. The lowest BCUT2D eigenvalue weighted by Crippen LogP contribution is -2.10. The van der Waals surface area contributed by atoms with Crippen LogP contribution in [0.25, 0.3) is 0 Å². The second-order valence-corrected chi connectivity index (χ2v) is 6.35. The Morgan fingerprint density at radius 2 is 2.20 bits per heavy atom. The first-order valence-corrected chi connectivity index (χ1v) is 8.20. The maximum Gasteiger partial charge on any atom is 0.389 e. The van der Waals surface area contributed by atoms with Gasteiger partial charge in [-0.2, -0.15) is 4.68 Å². The number of halogens is 2. The van der Waals surface area contributed by atoms with Crippen LogP contribution in [-0.2, 0) is 6.54 Å². The molecule has 0 aliphatic rings. The molecule has 0 radical (unpaired) electrons. The van der Waals surface area contributed by atoms with Crippen LogP contribution in [0.5, 0.6) is 0 Å². The van der Waals surface area contributed by atoms with Crippen LogP contribution in [0.1, 0.15) is 15.2 Å². The molecule has 1 N–H and O–H groups in total. The van der Waals surface area contributed by atoms with Crippen molar-refractivity contribution >= 4 is 40.4 Å². The van der Waals surface area contributed by atoms with Crippen molar-refractivity contribution in [1.29, 1.82) is 0 Å². The standard InChI is InChI=1S/C15H10ClFN4O3S/c16-11-6-10(1-2-12(11)17)18-15(22)13-5-9(8-25-13)7-20-4-3-14(19-20)21(23)24/h1-6,8H,7H2,(H,18,22). The van der Waals surface area contributed by atoms with Gasteiger partial charge >= 0.3 is 5.82 Å². The van der Waals surface area contributed by atoms with Crippen LogP contribution in [-0.4, -0.2) is 20.6 Å². The number of hydrogen-bond acceptors (Lipinski definition) is 5. The van der Waals surface area contributed by atoms with Gasteiger partial charge in [-0.05, 0) is 40.1 Å². The number of hydrogen-bond donors (Lipinski definition) is 1. The maximum atomic E-state index is 13.1. The molecule has 0 saturated carbocycles. The average Bonchev–Trinajstić information content (AvgIpc) is 3.21. The fraction of sp³-hybridized carbons (Fsp3) is 0.0667. The van der Waals surface area contributed by atoms with Gasteiger partial charge in [0.1, 0.15) is 5.82 Å². The van der Waals surface area contributed by atoms with Crippen molar-refractivity contribution < 1.29 is 14.1 Å². The van der Waals surface area contributed by atoms with E-state index >= 15 is 0 Å². The first-order chi connectivity index (χ1) is 11.9. The van der Waals surface area contributed by atoms with E-state index in [0.29, 0.717) is 17.1 Å². The van der Waals surface area contributed by atoms with Crippen molar-refractivity contribution in [3.8, 4) is 0 Å². The second-order valence-electron chi connectivity index (χ2n) is 5.03. The highest BCUT2D eigenvalue weighted by Crippen LogP contribution is 2.22. The number of nitrogens with one attached hydrogen (secondary N) is 1. The molecule has 0 unspecified atom stereocenters. The minimum atomic E-state index is -0.573. The van der Waals surface area contributed by atoms with E-state index in [-0.39, 0.29) is 16.7 Å². The molecule has 0 spiro atoms. The predicted octanol–water partition coefficient (Wildman–Crippen LogP) is 3.95. The van der Waals surface area contributed by atoms with Gasteiger partial charge in [0.25, 0.3) is 5.91 Å². The molecule has 2 aromatic heterocycles. The fourth-order valence-corrected chi connectivity index (χ4v) is 3.05. The minimum absolute atomic E-state index is 0.0788. The van der Waals surface area contributed by atoms with Crippen LogP contribution in [0.4, 0.5) is 15.9 Å². The molecule has 0 aliphatic carbocycles. The lowest BCUT2D eigenvalue weighted by molar-refractivity contribution is -0.389. The lowest BCUT2D eigenvalue weighted by atomic mass is 10.3. The summed E-state index contributed by atoms with van der Waals surface area (Å²) in [7, 11) is 0. The average molecular weight is 381 g/mol. The van der Waals surface area contributed by atoms with E-state index in [4.69, 9.17) is 11.6 Å². The van der Waals surface area contributed by atoms with Gasteiger partial charge in [-0.25, -0.2) is 4.39 Å². The van der Waals surface area contributed by atoms with Crippen LogP contribution in [0, 0.1) is 15.9 Å². The molecule has 2 heterocycles. The Kier molecular flexibility index (Phi) is 4.77. The predicted molar refractivity (Wildman–Crippen MR) is 91.7 cm³/mol. The normalized spacial score (nSPS) is 10.6. The van der Waals surface area contributed by atoms with Gasteiger partial charge in [0.2, 0.25) is 0 Å². The molecule has 1 aromatic carbocycles. The number of benzene rings is 1. The smallest absolute Gasteiger partial charge is 0.358 e. The molecule has 0 atom stereocenters. The summed E-state index contributed by atoms with van der Waals surface area (Å²) in [4.78, 5) is 22.7. The molecule has 0 bridgehead atoms. The van der Waals surface area contributed by atoms with Crippen molar-refractivity contribution in [2.75, 3.05) is 5.32 Å². The number of carbonyl (C=O) groups excluding carboxylic acids is 1. The summed E-state index contributed by atoms with van der Waals surface area (Å²) >= 11 is 6.90. The van der Waals surface area contributed by atoms with Gasteiger partial charge in [0.15, 0.2) is 0 Å². The Morgan fingerprint density at radius 3 is 2.88 bits per heavy atom. The number of nitro groups is 1. The van der Waals surface area contributed by atoms with Crippen LogP contribution in [0.2, 0.25) is 5.02 Å². The van der Waals surface area contributed by atoms with E-state index in [0.717, 1.165) is 5.56 Å². The largest absolute Gasteiger partial charge is 0.389 e. The molecular weight excluding hydrogens is 371 g/mol. The zero-order chi connectivity index (χ0) is 18.0. The van der Waals surface area contributed by atoms with Crippen LogP contribution in [0.3, 0.4) is 0 Å². The highest BCUT2D eigenvalue weighted by atomic mass is 35.5. The Labute approximate surface area is 149 Å². The summed E-state index contributed by atoms with van der Waals surface area (Å²) in [6.45, 7) is 0.306. The third-order valence-corrected chi connectivity index (χ3v) is 4.48. The van der Waals surface area contributed by atoms with Crippen molar-refractivity contribution in [2.24, 2.45) is 0 Å². The molecule has 0 saturated heterocycles. The van der Waals surface area contributed by atoms with E-state index in [2.05, 4.69) is 10.4 Å². The van der Waals surface area contributed by atoms with Gasteiger partial charge in [-0.1, -0.05) is 11.6 Å². The number of thiophene rings is 1. The van der Waals surface area contributed by atoms with Crippen molar-refractivity contribution in [3.05, 3.63) is 73.3 Å². The lowest BCUT2D eigenvalue weighted by Gasteiger charge is -2.04. The second kappa shape index (κ2) is 6.99. The number of amides is 1. The molecule has 3 aromatic rings. The highest BCUT2D eigenvalue weighted by molar-refractivity contribution is 7.12. The van der Waals surface area contributed by atoms with E-state index < -0.39 is 10.7 Å². The Hall–Kier alpha value is -2.78. The fourth-order valence-electron chi connectivity index (χ4n) is 2.07. The number of anilines is 1. The van der Waals surface area contributed by atoms with Crippen molar-refractivity contribution in [2.45, 2.75) is 6.54 Å². The molecule has 0 fully saturated rings. The third-order valence-electron chi connectivity index (χ3n) is 3.21. The van der Waals surface area contributed by atoms with Crippen molar-refractivity contribution in [3.63, 3.8) is 0 Å². The van der Waals surface area contributed by atoms with E-state index in [1.807, 2.05) is 0 Å².